The van der Waals surface area contributed by atoms with E-state index in [0.717, 1.165) is 25.7 Å². The standard InChI is InChI=1S/C39H58N4O11/c1-6-28-25(4)33(54-37(48)27-17-11-10-12-18-27)31(41-26(5)44)38(53-28)51-22-16-13-19-30(45)40-20-14-8-9-15-21-50-34-29(7-2)52-36(32(34)46)43-23-24(3)35(47)42-39(43)49/h10-12,17-18,23,25,28-29,31-34,36,38,46H,6-9,13-16,19-22H2,1-5H3,(H,40,45)(H,41,44)(H,42,47,49)/t25-,28+,29+,31+,32-,33-,34?,36+,38+/m0/s1. The van der Waals surface area contributed by atoms with Gasteiger partial charge in [0.1, 0.15) is 24.4 Å². The van der Waals surface area contributed by atoms with Crippen LogP contribution in [0.5, 0.6) is 0 Å². The van der Waals surface area contributed by atoms with Crippen LogP contribution in [-0.4, -0.2) is 95.1 Å². The Labute approximate surface area is 316 Å². The number of amides is 2. The predicted molar refractivity (Wildman–Crippen MR) is 199 cm³/mol. The molecule has 300 valence electrons. The van der Waals surface area contributed by atoms with Gasteiger partial charge in [-0.1, -0.05) is 51.8 Å². The van der Waals surface area contributed by atoms with Gasteiger partial charge in [0.05, 0.1) is 17.8 Å². The van der Waals surface area contributed by atoms with E-state index in [2.05, 4.69) is 15.6 Å². The minimum absolute atomic E-state index is 0.0386. The first-order valence-corrected chi connectivity index (χ1v) is 19.3. The summed E-state index contributed by atoms with van der Waals surface area (Å²) in [5.41, 5.74) is -0.358. The number of esters is 1. The van der Waals surface area contributed by atoms with Crippen molar-refractivity contribution in [3.8, 4) is 0 Å². The highest BCUT2D eigenvalue weighted by Crippen LogP contribution is 2.33. The molecule has 15 heteroatoms. The number of hydrogen-bond acceptors (Lipinski definition) is 11. The van der Waals surface area contributed by atoms with Crippen molar-refractivity contribution in [2.75, 3.05) is 19.8 Å². The van der Waals surface area contributed by atoms with E-state index >= 15 is 0 Å². The Morgan fingerprint density at radius 2 is 1.59 bits per heavy atom. The van der Waals surface area contributed by atoms with Crippen molar-refractivity contribution in [3.05, 3.63) is 68.5 Å². The van der Waals surface area contributed by atoms with Gasteiger partial charge in [0.25, 0.3) is 5.56 Å². The average Bonchev–Trinajstić information content (AvgIpc) is 3.47. The van der Waals surface area contributed by atoms with E-state index in [4.69, 9.17) is 23.7 Å². The van der Waals surface area contributed by atoms with Crippen molar-refractivity contribution in [2.24, 2.45) is 5.92 Å². The second kappa shape index (κ2) is 21.3. The molecule has 2 saturated heterocycles. The highest BCUT2D eigenvalue weighted by molar-refractivity contribution is 5.89. The van der Waals surface area contributed by atoms with Crippen molar-refractivity contribution in [3.63, 3.8) is 0 Å². The summed E-state index contributed by atoms with van der Waals surface area (Å²) in [6.07, 6.45) is 2.82. The van der Waals surface area contributed by atoms with Gasteiger partial charge in [-0.05, 0) is 57.6 Å². The highest BCUT2D eigenvalue weighted by atomic mass is 16.7. The van der Waals surface area contributed by atoms with E-state index in [1.54, 1.807) is 31.2 Å². The summed E-state index contributed by atoms with van der Waals surface area (Å²) in [5, 5.41) is 16.8. The predicted octanol–water partition coefficient (Wildman–Crippen LogP) is 3.26. The topological polar surface area (TPSA) is 197 Å². The molecule has 1 aromatic heterocycles. The van der Waals surface area contributed by atoms with Gasteiger partial charge in [-0.25, -0.2) is 9.59 Å². The molecule has 0 aliphatic carbocycles. The molecule has 4 rings (SSSR count). The number of unbranched alkanes of at least 4 members (excludes halogenated alkanes) is 4. The Balaban J connectivity index is 1.11. The fourth-order valence-corrected chi connectivity index (χ4v) is 6.98. The van der Waals surface area contributed by atoms with E-state index in [-0.39, 0.29) is 23.8 Å². The van der Waals surface area contributed by atoms with Crippen LogP contribution in [0.15, 0.2) is 46.1 Å². The van der Waals surface area contributed by atoms with Crippen molar-refractivity contribution in [2.45, 2.75) is 141 Å². The molecule has 2 aliphatic rings. The zero-order valence-corrected chi connectivity index (χ0v) is 32.1. The molecule has 1 unspecified atom stereocenters. The van der Waals surface area contributed by atoms with Crippen LogP contribution >= 0.6 is 0 Å². The Kier molecular flexibility index (Phi) is 16.9. The highest BCUT2D eigenvalue weighted by Gasteiger charge is 2.47. The van der Waals surface area contributed by atoms with Crippen LogP contribution in [0.2, 0.25) is 0 Å². The number of benzene rings is 1. The van der Waals surface area contributed by atoms with Gasteiger partial charge < -0.3 is 39.4 Å². The summed E-state index contributed by atoms with van der Waals surface area (Å²) in [6, 6.07) is 8.02. The van der Waals surface area contributed by atoms with Gasteiger partial charge in [-0.2, -0.15) is 0 Å². The molecule has 2 aromatic rings. The summed E-state index contributed by atoms with van der Waals surface area (Å²) >= 11 is 0. The van der Waals surface area contributed by atoms with Gasteiger partial charge in [-0.3, -0.25) is 23.9 Å². The molecule has 15 nitrogen and oxygen atoms in total. The smallest absolute Gasteiger partial charge is 0.338 e. The third-order valence-electron chi connectivity index (χ3n) is 10.0. The Hall–Kier alpha value is -3.89. The molecule has 0 bridgehead atoms. The number of nitrogens with one attached hydrogen (secondary N) is 3. The Morgan fingerprint density at radius 1 is 0.907 bits per heavy atom. The number of carbonyl (C=O) groups is 3. The number of carbonyl (C=O) groups excluding carboxylic acids is 3. The van der Waals surface area contributed by atoms with Gasteiger partial charge >= 0.3 is 11.7 Å². The molecule has 0 spiro atoms. The van der Waals surface area contributed by atoms with Crippen molar-refractivity contribution >= 4 is 17.8 Å². The van der Waals surface area contributed by atoms with Crippen LogP contribution in [0.3, 0.4) is 0 Å². The molecular formula is C39H58N4O11. The van der Waals surface area contributed by atoms with Crippen molar-refractivity contribution < 1.29 is 43.2 Å². The lowest BCUT2D eigenvalue weighted by atomic mass is 9.87. The van der Waals surface area contributed by atoms with E-state index in [1.807, 2.05) is 26.8 Å². The van der Waals surface area contributed by atoms with Crippen LogP contribution in [0.1, 0.15) is 108 Å². The fourth-order valence-electron chi connectivity index (χ4n) is 6.98. The summed E-state index contributed by atoms with van der Waals surface area (Å²) in [4.78, 5) is 63.9. The second-order valence-corrected chi connectivity index (χ2v) is 14.1. The van der Waals surface area contributed by atoms with Gasteiger partial charge in [-0.15, -0.1) is 0 Å². The third-order valence-corrected chi connectivity index (χ3v) is 10.0. The molecule has 2 fully saturated rings. The number of nitrogens with zero attached hydrogens (tertiary/aromatic N) is 1. The van der Waals surface area contributed by atoms with E-state index in [9.17, 15) is 29.1 Å². The SMILES string of the molecule is CC[C@H]1O[C@@H](n2cc(C)c(=O)[nH]c2=O)[C@@H](O)C1OCCCCCCNC(=O)CCCCO[C@@H]1O[C@H](CC)[C@H](C)[C@H](OC(=O)c2ccccc2)[C@H]1NC(C)=O. The summed E-state index contributed by atoms with van der Waals surface area (Å²) < 4.78 is 31.4. The normalized spacial score (nSPS) is 26.7. The number of ether oxygens (including phenoxy) is 5. The largest absolute Gasteiger partial charge is 0.456 e. The Morgan fingerprint density at radius 3 is 2.30 bits per heavy atom. The molecule has 9 atom stereocenters. The first-order chi connectivity index (χ1) is 25.9. The lowest BCUT2D eigenvalue weighted by molar-refractivity contribution is -0.249. The van der Waals surface area contributed by atoms with E-state index < -0.39 is 60.2 Å². The first kappa shape index (κ1) is 42.8. The number of aliphatic hydroxyl groups is 1. The number of aromatic nitrogens is 2. The minimum atomic E-state index is -1.07. The number of aliphatic hydroxyl groups excluding tert-OH is 1. The van der Waals surface area contributed by atoms with Crippen LogP contribution in [0, 0.1) is 12.8 Å². The van der Waals surface area contributed by atoms with E-state index in [0.29, 0.717) is 63.0 Å². The van der Waals surface area contributed by atoms with Crippen LogP contribution in [0.4, 0.5) is 0 Å². The summed E-state index contributed by atoms with van der Waals surface area (Å²) in [7, 11) is 0. The molecule has 54 heavy (non-hydrogen) atoms. The second-order valence-electron chi connectivity index (χ2n) is 14.1. The zero-order valence-electron chi connectivity index (χ0n) is 32.1. The number of aryl methyl sites for hydroxylation is 1. The van der Waals surface area contributed by atoms with E-state index in [1.165, 1.54) is 17.7 Å². The van der Waals surface area contributed by atoms with Crippen molar-refractivity contribution in [1.29, 1.82) is 0 Å². The van der Waals surface area contributed by atoms with Gasteiger partial charge in [0.2, 0.25) is 11.8 Å². The lowest BCUT2D eigenvalue weighted by Gasteiger charge is -2.45. The number of hydrogen-bond donors (Lipinski definition) is 4. The molecule has 3 heterocycles. The van der Waals surface area contributed by atoms with Crippen LogP contribution < -0.4 is 21.9 Å². The number of aromatic amines is 1. The molecular weight excluding hydrogens is 700 g/mol. The zero-order chi connectivity index (χ0) is 39.2. The molecule has 2 amide bonds. The van der Waals surface area contributed by atoms with Gasteiger partial charge in [0.15, 0.2) is 12.5 Å². The maximum absolute atomic E-state index is 13.0. The van der Waals surface area contributed by atoms with Crippen LogP contribution in [0.25, 0.3) is 0 Å². The minimum Gasteiger partial charge on any atom is -0.456 e. The molecule has 0 radical (unpaired) electrons. The number of H-pyrrole nitrogens is 1. The van der Waals surface area contributed by atoms with Crippen molar-refractivity contribution in [1.82, 2.24) is 20.2 Å². The first-order valence-electron chi connectivity index (χ1n) is 19.3. The molecule has 2 aliphatic heterocycles. The molecule has 4 N–H and O–H groups in total. The maximum atomic E-state index is 13.0. The third kappa shape index (κ3) is 11.8. The van der Waals surface area contributed by atoms with Crippen LogP contribution in [-0.2, 0) is 33.3 Å². The fraction of sp³-hybridized carbons (Fsp3) is 0.667. The quantitative estimate of drug-likeness (QED) is 0.114. The molecule has 0 saturated carbocycles. The molecule has 1 aromatic carbocycles. The lowest BCUT2D eigenvalue weighted by Crippen LogP contribution is -2.62. The monoisotopic (exact) mass is 758 g/mol. The number of rotatable bonds is 20. The Bertz CT molecular complexity index is 1620. The maximum Gasteiger partial charge on any atom is 0.338 e. The summed E-state index contributed by atoms with van der Waals surface area (Å²) in [5.74, 6) is -0.992. The van der Waals surface area contributed by atoms with Gasteiger partial charge in [0, 0.05) is 50.8 Å². The summed E-state index contributed by atoms with van der Waals surface area (Å²) in [6.45, 7) is 10.1. The average molecular weight is 759 g/mol.